The quantitative estimate of drug-likeness (QED) is 0.456. The van der Waals surface area contributed by atoms with Crippen LogP contribution in [0.15, 0.2) is 24.3 Å². The second-order valence-corrected chi connectivity index (χ2v) is 2.98. The molecule has 5 heteroatoms. The summed E-state index contributed by atoms with van der Waals surface area (Å²) in [7, 11) is 0. The Morgan fingerprint density at radius 2 is 1.88 bits per heavy atom. The SMILES string of the molecule is CCOCCOc1ccc(C(=N)N)cc1.Cl. The molecule has 0 heterocycles. The molecule has 0 saturated heterocycles. The summed E-state index contributed by atoms with van der Waals surface area (Å²) in [6.45, 7) is 3.77. The zero-order valence-electron chi connectivity index (χ0n) is 9.23. The van der Waals surface area contributed by atoms with Gasteiger partial charge in [-0.1, -0.05) is 0 Å². The zero-order valence-corrected chi connectivity index (χ0v) is 10.0. The highest BCUT2D eigenvalue weighted by atomic mass is 35.5. The van der Waals surface area contributed by atoms with Crippen molar-refractivity contribution in [1.82, 2.24) is 0 Å². The van der Waals surface area contributed by atoms with Gasteiger partial charge in [-0.3, -0.25) is 5.41 Å². The Bertz CT molecular complexity index is 314. The van der Waals surface area contributed by atoms with E-state index >= 15 is 0 Å². The first kappa shape index (κ1) is 14.7. The number of hydrogen-bond acceptors (Lipinski definition) is 3. The summed E-state index contributed by atoms with van der Waals surface area (Å²) in [6, 6.07) is 7.11. The summed E-state index contributed by atoms with van der Waals surface area (Å²) < 4.78 is 10.5. The first-order valence-corrected chi connectivity index (χ1v) is 4.89. The van der Waals surface area contributed by atoms with Gasteiger partial charge in [0.15, 0.2) is 0 Å². The predicted octanol–water partition coefficient (Wildman–Crippen LogP) is 1.81. The minimum atomic E-state index is 0. The van der Waals surface area contributed by atoms with Crippen LogP contribution in [-0.2, 0) is 4.74 Å². The maximum absolute atomic E-state index is 7.22. The smallest absolute Gasteiger partial charge is 0.122 e. The predicted molar refractivity (Wildman–Crippen MR) is 66.7 cm³/mol. The fraction of sp³-hybridized carbons (Fsp3) is 0.364. The van der Waals surface area contributed by atoms with Crippen LogP contribution in [0, 0.1) is 5.41 Å². The largest absolute Gasteiger partial charge is 0.491 e. The maximum Gasteiger partial charge on any atom is 0.122 e. The second kappa shape index (κ2) is 7.96. The number of hydrogen-bond donors (Lipinski definition) is 2. The monoisotopic (exact) mass is 244 g/mol. The van der Waals surface area contributed by atoms with E-state index < -0.39 is 0 Å². The van der Waals surface area contributed by atoms with E-state index in [2.05, 4.69) is 0 Å². The molecule has 0 saturated carbocycles. The highest BCUT2D eigenvalue weighted by Crippen LogP contribution is 2.11. The lowest BCUT2D eigenvalue weighted by Crippen LogP contribution is -2.11. The van der Waals surface area contributed by atoms with Crippen LogP contribution in [0.1, 0.15) is 12.5 Å². The van der Waals surface area contributed by atoms with E-state index in [1.54, 1.807) is 24.3 Å². The molecule has 0 aliphatic carbocycles. The fourth-order valence-corrected chi connectivity index (χ4v) is 1.09. The molecule has 4 nitrogen and oxygen atoms in total. The Labute approximate surface area is 102 Å². The van der Waals surface area contributed by atoms with E-state index in [1.807, 2.05) is 6.92 Å². The van der Waals surface area contributed by atoms with Crippen molar-refractivity contribution in [2.24, 2.45) is 5.73 Å². The van der Waals surface area contributed by atoms with Crippen molar-refractivity contribution in [2.75, 3.05) is 19.8 Å². The van der Waals surface area contributed by atoms with Gasteiger partial charge in [-0.05, 0) is 31.2 Å². The Kier molecular flexibility index (Phi) is 7.33. The third kappa shape index (κ3) is 5.00. The first-order chi connectivity index (χ1) is 7.24. The van der Waals surface area contributed by atoms with Gasteiger partial charge in [0.1, 0.15) is 18.2 Å². The van der Waals surface area contributed by atoms with Crippen LogP contribution < -0.4 is 10.5 Å². The summed E-state index contributed by atoms with van der Waals surface area (Å²) in [6.07, 6.45) is 0. The van der Waals surface area contributed by atoms with Gasteiger partial charge in [-0.2, -0.15) is 0 Å². The van der Waals surface area contributed by atoms with Crippen LogP contribution in [0.4, 0.5) is 0 Å². The highest BCUT2D eigenvalue weighted by Gasteiger charge is 1.97. The van der Waals surface area contributed by atoms with Crippen LogP contribution >= 0.6 is 12.4 Å². The third-order valence-corrected chi connectivity index (χ3v) is 1.87. The Balaban J connectivity index is 0.00000225. The number of benzene rings is 1. The van der Waals surface area contributed by atoms with Gasteiger partial charge in [0.25, 0.3) is 0 Å². The van der Waals surface area contributed by atoms with Crippen molar-refractivity contribution >= 4 is 18.2 Å². The van der Waals surface area contributed by atoms with Crippen molar-refractivity contribution in [3.8, 4) is 5.75 Å². The molecule has 0 spiro atoms. The highest BCUT2D eigenvalue weighted by molar-refractivity contribution is 5.94. The number of amidine groups is 1. The summed E-state index contributed by atoms with van der Waals surface area (Å²) in [5.41, 5.74) is 6.03. The summed E-state index contributed by atoms with van der Waals surface area (Å²) in [5.74, 6) is 0.829. The molecular formula is C11H17ClN2O2. The van der Waals surface area contributed by atoms with E-state index in [-0.39, 0.29) is 18.2 Å². The number of ether oxygens (including phenoxy) is 2. The van der Waals surface area contributed by atoms with E-state index in [9.17, 15) is 0 Å². The van der Waals surface area contributed by atoms with Crippen LogP contribution in [-0.4, -0.2) is 25.7 Å². The van der Waals surface area contributed by atoms with Gasteiger partial charge in [-0.15, -0.1) is 12.4 Å². The van der Waals surface area contributed by atoms with Crippen LogP contribution in [0.5, 0.6) is 5.75 Å². The topological polar surface area (TPSA) is 68.3 Å². The van der Waals surface area contributed by atoms with Crippen molar-refractivity contribution in [3.63, 3.8) is 0 Å². The summed E-state index contributed by atoms with van der Waals surface area (Å²) >= 11 is 0. The van der Waals surface area contributed by atoms with Crippen molar-refractivity contribution in [1.29, 1.82) is 5.41 Å². The molecule has 1 aromatic rings. The summed E-state index contributed by atoms with van der Waals surface area (Å²) in [4.78, 5) is 0. The molecule has 0 atom stereocenters. The van der Waals surface area contributed by atoms with Gasteiger partial charge in [0.2, 0.25) is 0 Å². The van der Waals surface area contributed by atoms with Crippen LogP contribution in [0.2, 0.25) is 0 Å². The van der Waals surface area contributed by atoms with E-state index in [0.29, 0.717) is 25.4 Å². The number of rotatable bonds is 6. The van der Waals surface area contributed by atoms with Crippen LogP contribution in [0.25, 0.3) is 0 Å². The summed E-state index contributed by atoms with van der Waals surface area (Å²) in [5, 5.41) is 7.22. The normalized spacial score (nSPS) is 9.31. The number of nitrogen functional groups attached to an aromatic ring is 1. The number of halogens is 1. The molecule has 0 amide bonds. The van der Waals surface area contributed by atoms with Crippen molar-refractivity contribution in [2.45, 2.75) is 6.92 Å². The van der Waals surface area contributed by atoms with Gasteiger partial charge in [-0.25, -0.2) is 0 Å². The zero-order chi connectivity index (χ0) is 11.1. The molecule has 0 bridgehead atoms. The lowest BCUT2D eigenvalue weighted by Gasteiger charge is -2.06. The average Bonchev–Trinajstić information content (AvgIpc) is 2.25. The molecule has 0 fully saturated rings. The molecular weight excluding hydrogens is 228 g/mol. The molecule has 1 rings (SSSR count). The van der Waals surface area contributed by atoms with Crippen molar-refractivity contribution < 1.29 is 9.47 Å². The molecule has 16 heavy (non-hydrogen) atoms. The van der Waals surface area contributed by atoms with Crippen molar-refractivity contribution in [3.05, 3.63) is 29.8 Å². The van der Waals surface area contributed by atoms with E-state index in [0.717, 1.165) is 5.75 Å². The molecule has 1 aromatic carbocycles. The molecule has 0 aliphatic rings. The van der Waals surface area contributed by atoms with E-state index in [4.69, 9.17) is 20.6 Å². The van der Waals surface area contributed by atoms with E-state index in [1.165, 1.54) is 0 Å². The second-order valence-electron chi connectivity index (χ2n) is 2.98. The standard InChI is InChI=1S/C11H16N2O2.ClH/c1-2-14-7-8-15-10-5-3-9(4-6-10)11(12)13;/h3-6H,2,7-8H2,1H3,(H3,12,13);1H. The van der Waals surface area contributed by atoms with Gasteiger partial charge in [0, 0.05) is 12.2 Å². The fourth-order valence-electron chi connectivity index (χ4n) is 1.09. The number of nitrogens with two attached hydrogens (primary N) is 1. The average molecular weight is 245 g/mol. The maximum atomic E-state index is 7.22. The molecule has 3 N–H and O–H groups in total. The first-order valence-electron chi connectivity index (χ1n) is 4.89. The van der Waals surface area contributed by atoms with Gasteiger partial charge < -0.3 is 15.2 Å². The lowest BCUT2D eigenvalue weighted by molar-refractivity contribution is 0.110. The van der Waals surface area contributed by atoms with Gasteiger partial charge in [0.05, 0.1) is 6.61 Å². The Morgan fingerprint density at radius 3 is 2.38 bits per heavy atom. The minimum absolute atomic E-state index is 0. The Morgan fingerprint density at radius 1 is 1.25 bits per heavy atom. The Hall–Kier alpha value is -1.26. The number of nitrogens with one attached hydrogen (secondary N) is 1. The third-order valence-electron chi connectivity index (χ3n) is 1.87. The van der Waals surface area contributed by atoms with Crippen LogP contribution in [0.3, 0.4) is 0 Å². The molecule has 0 aromatic heterocycles. The minimum Gasteiger partial charge on any atom is -0.491 e. The molecule has 90 valence electrons. The lowest BCUT2D eigenvalue weighted by atomic mass is 10.2. The molecule has 0 unspecified atom stereocenters. The molecule has 0 aliphatic heterocycles. The molecule has 0 radical (unpaired) electrons. The van der Waals surface area contributed by atoms with Gasteiger partial charge >= 0.3 is 0 Å².